The molecule has 516 valence electrons. The first kappa shape index (κ1) is 78.6. The van der Waals surface area contributed by atoms with Crippen LogP contribution in [0.2, 0.25) is 10.0 Å². The maximum absolute atomic E-state index is 13.2. The molecule has 5 N–H and O–H groups in total. The van der Waals surface area contributed by atoms with Crippen molar-refractivity contribution in [1.29, 1.82) is 0 Å². The molecule has 0 aliphatic carbocycles. The van der Waals surface area contributed by atoms with E-state index in [0.717, 1.165) is 113 Å². The molecule has 10 rings (SSSR count). The Hall–Kier alpha value is -9.82. The summed E-state index contributed by atoms with van der Waals surface area (Å²) in [7, 11) is 0. The number of hydrogen-bond donors (Lipinski definition) is 5. The average Bonchev–Trinajstić information content (AvgIpc) is 0.836. The molecule has 96 heavy (non-hydrogen) atoms. The van der Waals surface area contributed by atoms with E-state index in [2.05, 4.69) is 34.6 Å². The fourth-order valence-corrected chi connectivity index (χ4v) is 9.20. The van der Waals surface area contributed by atoms with Crippen LogP contribution in [0.5, 0.6) is 28.7 Å². The molecule has 10 aromatic rings. The third-order valence-corrected chi connectivity index (χ3v) is 13.9. The van der Waals surface area contributed by atoms with Crippen LogP contribution in [0.15, 0.2) is 149 Å². The molecule has 0 unspecified atom stereocenters. The van der Waals surface area contributed by atoms with Gasteiger partial charge in [-0.1, -0.05) is 90.9 Å². The normalized spacial score (nSPS) is 11.1. The first-order valence-electron chi connectivity index (χ1n) is 29.3. The highest BCUT2D eigenvalue weighted by Crippen LogP contribution is 2.33. The predicted molar refractivity (Wildman–Crippen MR) is 341 cm³/mol. The highest BCUT2D eigenvalue weighted by molar-refractivity contribution is 6.33. The number of aliphatic carboxylic acids is 2. The van der Waals surface area contributed by atoms with Gasteiger partial charge in [-0.25, -0.2) is 28.4 Å². The minimum absolute atomic E-state index is 0.0756. The number of phenols is 5. The molecule has 0 saturated heterocycles. The molecule has 0 fully saturated rings. The Labute approximate surface area is 550 Å². The van der Waals surface area contributed by atoms with Crippen LogP contribution in [0, 0.1) is 17.7 Å². The van der Waals surface area contributed by atoms with Gasteiger partial charge in [0.25, 0.3) is 0 Å². The van der Waals surface area contributed by atoms with Crippen molar-refractivity contribution in [2.24, 2.45) is 11.8 Å². The second kappa shape index (κ2) is 35.6. The number of fused-ring (bicyclic) bond motifs is 5. The smallest absolute Gasteiger partial charge is 0.430 e. The lowest BCUT2D eigenvalue weighted by Gasteiger charge is -2.08. The third kappa shape index (κ3) is 24.2. The number of carbonyl (C=O) groups is 2. The lowest BCUT2D eigenvalue weighted by Crippen LogP contribution is -2.37. The molecular weight excluding hydrogens is 1320 g/mol. The van der Waals surface area contributed by atoms with Gasteiger partial charge in [0.05, 0.1) is 10.0 Å². The van der Waals surface area contributed by atoms with Gasteiger partial charge in [0.15, 0.2) is 11.6 Å². The molecule has 0 amide bonds. The average molecular weight is 1390 g/mol. The van der Waals surface area contributed by atoms with Crippen molar-refractivity contribution in [3.05, 3.63) is 199 Å². The van der Waals surface area contributed by atoms with Gasteiger partial charge in [0, 0.05) is 87.6 Å². The summed E-state index contributed by atoms with van der Waals surface area (Å²) in [5.41, 5.74) is 4.38. The quantitative estimate of drug-likeness (QED) is 0.0560. The molecule has 5 heterocycles. The topological polar surface area (TPSA) is 332 Å². The Morgan fingerprint density at radius 3 is 0.938 bits per heavy atom. The number of carboxylic acids is 2. The van der Waals surface area contributed by atoms with Crippen LogP contribution in [-0.2, 0) is 41.7 Å². The number of benzene rings is 5. The highest BCUT2D eigenvalue weighted by Gasteiger charge is 2.29. The SMILES string of the molecule is CC(C)CCc1cc(=O)oc2cc(O)c(Cl)cc12.CC(C)CCc1cc(=O)oc2cc(O)ccc12.CCCc1cc(=O)oc2cc(O)c(Cl)cc12.CCCc1cc(=O)oc2cc(O)c(F)cc12.CCCc1cc(=O)oc2cc(O)ccc12.O=C([O-])C(F)(F)F.O=C([O-])C(F)(F)F. The Bertz CT molecular complexity index is 4510. The zero-order valence-electron chi connectivity index (χ0n) is 52.4. The molecule has 0 aliphatic rings. The van der Waals surface area contributed by atoms with Gasteiger partial charge in [0.1, 0.15) is 62.9 Å². The Kier molecular flexibility index (Phi) is 29.2. The second-order valence-electron chi connectivity index (χ2n) is 21.9. The van der Waals surface area contributed by atoms with Crippen LogP contribution in [-0.4, -0.2) is 49.8 Å². The molecule has 0 saturated carbocycles. The minimum Gasteiger partial charge on any atom is -0.542 e. The largest absolute Gasteiger partial charge is 0.542 e. The third-order valence-electron chi connectivity index (χ3n) is 13.3. The van der Waals surface area contributed by atoms with E-state index >= 15 is 0 Å². The van der Waals surface area contributed by atoms with E-state index in [0.29, 0.717) is 46.0 Å². The van der Waals surface area contributed by atoms with Gasteiger partial charge in [-0.15, -0.1) is 0 Å². The van der Waals surface area contributed by atoms with E-state index in [4.69, 9.17) is 65.1 Å². The summed E-state index contributed by atoms with van der Waals surface area (Å²) in [6.07, 6.45) is -1.69. The van der Waals surface area contributed by atoms with Crippen molar-refractivity contribution in [2.75, 3.05) is 0 Å². The van der Waals surface area contributed by atoms with Gasteiger partial charge in [0.2, 0.25) is 0 Å². The van der Waals surface area contributed by atoms with E-state index in [1.54, 1.807) is 42.5 Å². The van der Waals surface area contributed by atoms with E-state index < -0.39 is 52.7 Å². The van der Waals surface area contributed by atoms with Crippen molar-refractivity contribution in [3.8, 4) is 28.7 Å². The van der Waals surface area contributed by atoms with E-state index in [1.807, 2.05) is 13.8 Å². The molecule has 19 nitrogen and oxygen atoms in total. The number of rotatable bonds is 12. The van der Waals surface area contributed by atoms with Crippen molar-refractivity contribution in [2.45, 2.75) is 125 Å². The fourth-order valence-electron chi connectivity index (χ4n) is 8.88. The molecule has 0 bridgehead atoms. The second-order valence-corrected chi connectivity index (χ2v) is 22.7. The number of phenolic OH excluding ortho intramolecular Hbond substituents is 5. The summed E-state index contributed by atoms with van der Waals surface area (Å²) in [5.74, 6) is -6.02. The zero-order chi connectivity index (χ0) is 72.1. The Balaban J connectivity index is 0.000000243. The Morgan fingerprint density at radius 1 is 0.406 bits per heavy atom. The van der Waals surface area contributed by atoms with Gasteiger partial charge < -0.3 is 67.4 Å². The van der Waals surface area contributed by atoms with Crippen LogP contribution < -0.4 is 38.3 Å². The van der Waals surface area contributed by atoms with Gasteiger partial charge in [-0.3, -0.25) is 0 Å². The van der Waals surface area contributed by atoms with E-state index in [-0.39, 0.29) is 49.9 Å². The summed E-state index contributed by atoms with van der Waals surface area (Å²) in [6.45, 7) is 14.6. The molecule has 28 heteroatoms. The number of alkyl halides is 6. The molecule has 5 aromatic carbocycles. The minimum atomic E-state index is -5.19. The summed E-state index contributed by atoms with van der Waals surface area (Å²) in [4.78, 5) is 74.2. The summed E-state index contributed by atoms with van der Waals surface area (Å²) >= 11 is 11.7. The van der Waals surface area contributed by atoms with Crippen LogP contribution in [0.3, 0.4) is 0 Å². The molecule has 0 atom stereocenters. The molecule has 5 aromatic heterocycles. The predicted octanol–water partition coefficient (Wildman–Crippen LogP) is 13.6. The summed E-state index contributed by atoms with van der Waals surface area (Å²) < 4.78 is 101. The first-order valence-corrected chi connectivity index (χ1v) is 30.0. The number of hydrogen-bond acceptors (Lipinski definition) is 19. The first-order chi connectivity index (χ1) is 44.8. The lowest BCUT2D eigenvalue weighted by molar-refractivity contribution is -0.344. The fraction of sp³-hybridized carbons (Fsp3) is 0.309. The maximum atomic E-state index is 13.2. The summed E-state index contributed by atoms with van der Waals surface area (Å²) in [6, 6.07) is 25.5. The van der Waals surface area contributed by atoms with Gasteiger partial charge in [-0.05, 0) is 127 Å². The molecule has 0 aliphatic heterocycles. The number of halogens is 9. The lowest BCUT2D eigenvalue weighted by atomic mass is 10.0. The van der Waals surface area contributed by atoms with E-state index in [1.165, 1.54) is 54.6 Å². The Morgan fingerprint density at radius 2 is 0.656 bits per heavy atom. The molecular formula is C68H65Cl2F7O19-2. The van der Waals surface area contributed by atoms with Crippen LogP contribution in [0.4, 0.5) is 30.7 Å². The molecule has 0 spiro atoms. The monoisotopic (exact) mass is 1390 g/mol. The van der Waals surface area contributed by atoms with Crippen molar-refractivity contribution in [3.63, 3.8) is 0 Å². The maximum Gasteiger partial charge on any atom is 0.430 e. The van der Waals surface area contributed by atoms with Crippen LogP contribution in [0.25, 0.3) is 54.8 Å². The van der Waals surface area contributed by atoms with Crippen LogP contribution in [0.1, 0.15) is 108 Å². The highest BCUT2D eigenvalue weighted by atomic mass is 35.5. The molecule has 0 radical (unpaired) electrons. The van der Waals surface area contributed by atoms with Crippen molar-refractivity contribution in [1.82, 2.24) is 0 Å². The van der Waals surface area contributed by atoms with E-state index in [9.17, 15) is 80.2 Å². The number of aromatic hydroxyl groups is 5. The van der Waals surface area contributed by atoms with Crippen molar-refractivity contribution < 1.29 is 98.2 Å². The zero-order valence-corrected chi connectivity index (χ0v) is 53.9. The number of carbonyl (C=O) groups excluding carboxylic acids is 2. The summed E-state index contributed by atoms with van der Waals surface area (Å²) in [5, 5.41) is 68.8. The standard InChI is InChI=1S/C14H15ClO3.C14H16O3.C12H11ClO3.C12H11FO3.C12H12O3.2C2HF3O2/c1-8(2)3-4-9-5-14(17)18-13-7-12(16)11(15)6-10(9)13;1-9(2)3-4-10-7-14(16)17-13-8-11(15)5-6-12(10)13;2*1-2-3-7-4-12(15)16-11-6-10(14)9(13)5-8(7)11;1-2-3-8-6-12(14)15-11-7-9(13)4-5-10(8)11;2*3-2(4,5)1(6)7/h5-8,16H,3-4H2,1-2H3;5-9,15H,3-4H2,1-2H3;2*4-6,14H,2-3H2,1H3;4-7,13H,2-3H2,1H3;2*(H,6,7)/p-2. The van der Waals surface area contributed by atoms with Gasteiger partial charge >= 0.3 is 40.5 Å². The van der Waals surface area contributed by atoms with Gasteiger partial charge in [-0.2, -0.15) is 26.3 Å². The van der Waals surface area contributed by atoms with Crippen LogP contribution >= 0.6 is 23.2 Å². The number of carboxylic acid groups (broad SMARTS) is 2. The number of aryl methyl sites for hydroxylation is 5. The van der Waals surface area contributed by atoms with Crippen molar-refractivity contribution >= 4 is 90.0 Å².